The second-order valence-corrected chi connectivity index (χ2v) is 15.9. The highest BCUT2D eigenvalue weighted by Gasteiger charge is 2.70. The van der Waals surface area contributed by atoms with Crippen LogP contribution in [0, 0.1) is 40.9 Å². The Morgan fingerprint density at radius 1 is 0.956 bits per heavy atom. The van der Waals surface area contributed by atoms with E-state index < -0.39 is 35.7 Å². The van der Waals surface area contributed by atoms with Gasteiger partial charge in [0.1, 0.15) is 12.1 Å². The Balaban J connectivity index is 1.18. The molecule has 1 saturated heterocycles. The van der Waals surface area contributed by atoms with Crippen molar-refractivity contribution >= 4 is 29.5 Å². The van der Waals surface area contributed by atoms with E-state index >= 15 is 0 Å². The topological polar surface area (TPSA) is 137 Å². The Morgan fingerprint density at radius 3 is 2.16 bits per heavy atom. The van der Waals surface area contributed by atoms with Gasteiger partial charge in [0.05, 0.1) is 6.04 Å². The molecule has 4 N–H and O–H groups in total. The summed E-state index contributed by atoms with van der Waals surface area (Å²) in [6.07, 6.45) is 13.1. The highest BCUT2D eigenvalue weighted by molar-refractivity contribution is 6.38. The van der Waals surface area contributed by atoms with E-state index in [1.807, 2.05) is 6.92 Å². The lowest BCUT2D eigenvalue weighted by atomic mass is 9.53. The number of Topliss-reactive ketones (excluding diaryl/α,β-unsaturated/α-hetero) is 1. The fourth-order valence-corrected chi connectivity index (χ4v) is 10.6. The van der Waals surface area contributed by atoms with E-state index in [1.54, 1.807) is 4.90 Å². The van der Waals surface area contributed by atoms with Gasteiger partial charge in [0.2, 0.25) is 17.6 Å². The lowest BCUT2D eigenvalue weighted by molar-refractivity contribution is -0.144. The number of nitrogens with zero attached hydrogens (tertiary/aromatic N) is 1. The Bertz CT molecular complexity index is 1190. The molecule has 10 nitrogen and oxygen atoms in total. The third-order valence-electron chi connectivity index (χ3n) is 12.4. The van der Waals surface area contributed by atoms with E-state index in [0.29, 0.717) is 37.1 Å². The van der Waals surface area contributed by atoms with Crippen LogP contribution in [0.1, 0.15) is 97.8 Å². The Morgan fingerprint density at radius 2 is 1.58 bits per heavy atom. The highest BCUT2D eigenvalue weighted by atomic mass is 16.2. The zero-order chi connectivity index (χ0) is 32.1. The molecule has 5 amide bonds. The lowest BCUT2D eigenvalue weighted by Gasteiger charge is -2.56. The summed E-state index contributed by atoms with van der Waals surface area (Å²) in [5, 5.41) is 11.9. The predicted octanol–water partition coefficient (Wildman–Crippen LogP) is 3.45. The second-order valence-electron chi connectivity index (χ2n) is 15.9. The third kappa shape index (κ3) is 6.14. The van der Waals surface area contributed by atoms with Gasteiger partial charge in [-0.05, 0) is 98.7 Å². The molecule has 6 aliphatic carbocycles. The average Bonchev–Trinajstić information content (AvgIpc) is 3.42. The molecule has 7 rings (SSSR count). The van der Waals surface area contributed by atoms with Crippen molar-refractivity contribution in [1.29, 1.82) is 0 Å². The molecular formula is C35H53N5O5. The molecule has 45 heavy (non-hydrogen) atoms. The van der Waals surface area contributed by atoms with E-state index in [1.165, 1.54) is 25.3 Å². The van der Waals surface area contributed by atoms with Crippen molar-refractivity contribution < 1.29 is 24.0 Å². The SMILES string of the molecule is C=CCNC(=O)C(=O)C(CCC)NC(=O)[C@@H]1[C@@H]2[C@H](CN1C(=O)C(NC(=O)NC13CC4CC(CC(C4)C1)C3)C1CCCC1)C2(C)C. The minimum Gasteiger partial charge on any atom is -0.346 e. The van der Waals surface area contributed by atoms with Crippen LogP contribution in [0.25, 0.3) is 0 Å². The maximum Gasteiger partial charge on any atom is 0.315 e. The van der Waals surface area contributed by atoms with Gasteiger partial charge in [0.15, 0.2) is 0 Å². The number of piperidine rings is 1. The number of urea groups is 1. The maximum atomic E-state index is 14.5. The standard InChI is InChI=1S/C35H53N5O5/c1-5-9-25(29(41)31(43)36-12-6-2)37-30(42)28-26-24(34(26,3)4)19-40(28)32(44)27(23-10-7-8-11-23)38-33(45)39-35-16-20-13-21(17-35)15-22(14-20)18-35/h6,20-28H,2,5,7-19H2,1,3-4H3,(H,36,43)(H,37,42)(H2,38,39,45)/t20?,21?,22?,24-,25?,26-,27?,28-,35?/m0/s1. The zero-order valence-electron chi connectivity index (χ0n) is 27.4. The fourth-order valence-electron chi connectivity index (χ4n) is 10.6. The maximum absolute atomic E-state index is 14.5. The van der Waals surface area contributed by atoms with Crippen LogP contribution in [-0.4, -0.2) is 71.2 Å². The van der Waals surface area contributed by atoms with Gasteiger partial charge in [-0.1, -0.05) is 46.1 Å². The van der Waals surface area contributed by atoms with E-state index in [9.17, 15) is 24.0 Å². The smallest absolute Gasteiger partial charge is 0.315 e. The molecule has 7 aliphatic rings. The summed E-state index contributed by atoms with van der Waals surface area (Å²) in [5.74, 6) is 0.182. The molecule has 1 aliphatic heterocycles. The second kappa shape index (κ2) is 12.4. The Labute approximate surface area is 267 Å². The molecule has 0 aromatic carbocycles. The van der Waals surface area contributed by atoms with Crippen molar-refractivity contribution in [2.45, 2.75) is 121 Å². The van der Waals surface area contributed by atoms with E-state index in [-0.39, 0.29) is 47.2 Å². The van der Waals surface area contributed by atoms with Crippen LogP contribution in [0.2, 0.25) is 0 Å². The normalized spacial score (nSPS) is 35.2. The highest BCUT2D eigenvalue weighted by Crippen LogP contribution is 2.65. The first kappa shape index (κ1) is 32.0. The molecule has 7 fully saturated rings. The number of ketones is 1. The van der Waals surface area contributed by atoms with Gasteiger partial charge in [-0.2, -0.15) is 0 Å². The molecule has 10 heteroatoms. The van der Waals surface area contributed by atoms with Crippen molar-refractivity contribution in [2.75, 3.05) is 13.1 Å². The van der Waals surface area contributed by atoms with Crippen LogP contribution in [0.3, 0.4) is 0 Å². The van der Waals surface area contributed by atoms with Gasteiger partial charge in [-0.3, -0.25) is 19.2 Å². The molecule has 0 spiro atoms. The third-order valence-corrected chi connectivity index (χ3v) is 12.4. The number of likely N-dealkylation sites (tertiary alicyclic amines) is 1. The van der Waals surface area contributed by atoms with E-state index in [0.717, 1.165) is 44.9 Å². The van der Waals surface area contributed by atoms with Gasteiger partial charge >= 0.3 is 6.03 Å². The van der Waals surface area contributed by atoms with E-state index in [2.05, 4.69) is 41.7 Å². The number of amides is 5. The molecule has 4 bridgehead atoms. The first-order valence-corrected chi connectivity index (χ1v) is 17.6. The number of carbonyl (C=O) groups is 5. The Hall–Kier alpha value is -2.91. The average molecular weight is 624 g/mol. The molecule has 1 heterocycles. The minimum atomic E-state index is -0.972. The predicted molar refractivity (Wildman–Crippen MR) is 170 cm³/mol. The quantitative estimate of drug-likeness (QED) is 0.195. The number of hydrogen-bond acceptors (Lipinski definition) is 5. The Kier molecular flexibility index (Phi) is 8.80. The molecule has 0 aromatic rings. The molecule has 248 valence electrons. The van der Waals surface area contributed by atoms with Crippen molar-refractivity contribution in [1.82, 2.24) is 26.2 Å². The summed E-state index contributed by atoms with van der Waals surface area (Å²) in [7, 11) is 0. The van der Waals surface area contributed by atoms with Crippen molar-refractivity contribution in [2.24, 2.45) is 40.9 Å². The first-order valence-electron chi connectivity index (χ1n) is 17.6. The summed E-state index contributed by atoms with van der Waals surface area (Å²) in [4.78, 5) is 69.3. The summed E-state index contributed by atoms with van der Waals surface area (Å²) in [6.45, 7) is 10.3. The number of rotatable bonds is 12. The molecule has 0 aromatic heterocycles. The van der Waals surface area contributed by atoms with E-state index in [4.69, 9.17) is 0 Å². The number of nitrogens with one attached hydrogen (secondary N) is 4. The monoisotopic (exact) mass is 623 g/mol. The molecular weight excluding hydrogens is 570 g/mol. The molecule has 5 atom stereocenters. The van der Waals surface area contributed by atoms with Crippen LogP contribution in [0.5, 0.6) is 0 Å². The number of hydrogen-bond donors (Lipinski definition) is 4. The summed E-state index contributed by atoms with van der Waals surface area (Å²) in [6, 6.07) is -2.68. The van der Waals surface area contributed by atoms with Gasteiger partial charge < -0.3 is 26.2 Å². The summed E-state index contributed by atoms with van der Waals surface area (Å²) < 4.78 is 0. The summed E-state index contributed by atoms with van der Waals surface area (Å²) >= 11 is 0. The lowest BCUT2D eigenvalue weighted by Crippen LogP contribution is -2.64. The first-order chi connectivity index (χ1) is 21.5. The fraction of sp³-hybridized carbons (Fsp3) is 0.800. The van der Waals surface area contributed by atoms with Crippen molar-refractivity contribution in [3.8, 4) is 0 Å². The summed E-state index contributed by atoms with van der Waals surface area (Å²) in [5.41, 5.74) is -0.279. The number of carbonyl (C=O) groups excluding carboxylic acids is 5. The zero-order valence-corrected chi connectivity index (χ0v) is 27.4. The van der Waals surface area contributed by atoms with Gasteiger partial charge in [-0.15, -0.1) is 6.58 Å². The van der Waals surface area contributed by atoms with Crippen molar-refractivity contribution in [3.63, 3.8) is 0 Å². The number of fused-ring (bicyclic) bond motifs is 1. The van der Waals surface area contributed by atoms with Crippen LogP contribution in [0.4, 0.5) is 4.79 Å². The van der Waals surface area contributed by atoms with Crippen LogP contribution >= 0.6 is 0 Å². The van der Waals surface area contributed by atoms with Crippen molar-refractivity contribution in [3.05, 3.63) is 12.7 Å². The van der Waals surface area contributed by atoms with Crippen LogP contribution < -0.4 is 21.3 Å². The molecule has 2 unspecified atom stereocenters. The van der Waals surface area contributed by atoms with Gasteiger partial charge in [0, 0.05) is 18.6 Å². The van der Waals surface area contributed by atoms with Crippen LogP contribution in [0.15, 0.2) is 12.7 Å². The van der Waals surface area contributed by atoms with Gasteiger partial charge in [0.25, 0.3) is 5.91 Å². The van der Waals surface area contributed by atoms with Gasteiger partial charge in [-0.25, -0.2) is 4.79 Å². The molecule has 0 radical (unpaired) electrons. The molecule has 6 saturated carbocycles. The van der Waals surface area contributed by atoms with Crippen LogP contribution in [-0.2, 0) is 19.2 Å². The minimum absolute atomic E-state index is 0.0243. The largest absolute Gasteiger partial charge is 0.346 e.